The van der Waals surface area contributed by atoms with Crippen molar-refractivity contribution in [2.24, 2.45) is 12.0 Å². The van der Waals surface area contributed by atoms with Gasteiger partial charge in [0.2, 0.25) is 0 Å². The lowest BCUT2D eigenvalue weighted by atomic mass is 10.4. The molecule has 7 heteroatoms. The number of aryl methyl sites for hydroxylation is 1. The van der Waals surface area contributed by atoms with Gasteiger partial charge in [0.25, 0.3) is 0 Å². The van der Waals surface area contributed by atoms with Gasteiger partial charge < -0.3 is 15.2 Å². The van der Waals surface area contributed by atoms with Crippen LogP contribution in [-0.4, -0.2) is 39.1 Å². The van der Waals surface area contributed by atoms with Crippen molar-refractivity contribution >= 4 is 17.7 Å². The van der Waals surface area contributed by atoms with Crippen LogP contribution in [0.4, 0.5) is 0 Å². The van der Waals surface area contributed by atoms with Crippen LogP contribution < -0.4 is 10.6 Å². The number of nitrogens with one attached hydrogen (secondary N) is 2. The fourth-order valence-electron chi connectivity index (χ4n) is 2.29. The lowest BCUT2D eigenvalue weighted by Crippen LogP contribution is -2.41. The quantitative estimate of drug-likeness (QED) is 0.624. The van der Waals surface area contributed by atoms with E-state index in [0.717, 1.165) is 18.3 Å². The van der Waals surface area contributed by atoms with Gasteiger partial charge in [-0.05, 0) is 25.0 Å². The summed E-state index contributed by atoms with van der Waals surface area (Å²) >= 11 is 1.96. The molecule has 0 bridgehead atoms. The summed E-state index contributed by atoms with van der Waals surface area (Å²) in [5.41, 5.74) is 0. The molecular formula is C16H22N6S. The first-order valence-electron chi connectivity index (χ1n) is 7.72. The summed E-state index contributed by atoms with van der Waals surface area (Å²) in [5, 5.41) is 14.7. The molecule has 1 heterocycles. The molecule has 0 aliphatic heterocycles. The predicted molar refractivity (Wildman–Crippen MR) is 93.5 cm³/mol. The Hall–Kier alpha value is -2.02. The third-order valence-electron chi connectivity index (χ3n) is 3.91. The molecule has 2 N–H and O–H groups in total. The number of hydrogen-bond acceptors (Lipinski definition) is 4. The van der Waals surface area contributed by atoms with Gasteiger partial charge in [-0.25, -0.2) is 0 Å². The Labute approximate surface area is 140 Å². The second-order valence-corrected chi connectivity index (χ2v) is 7.28. The Morgan fingerprint density at radius 3 is 2.70 bits per heavy atom. The summed E-state index contributed by atoms with van der Waals surface area (Å²) in [4.78, 5) is 5.61. The number of nitrogens with zero attached hydrogens (tertiary/aromatic N) is 4. The highest BCUT2D eigenvalue weighted by Gasteiger charge is 2.43. The van der Waals surface area contributed by atoms with Crippen molar-refractivity contribution in [1.29, 1.82) is 0 Å². The third kappa shape index (κ3) is 4.25. The number of guanidine groups is 1. The smallest absolute Gasteiger partial charge is 0.191 e. The first-order chi connectivity index (χ1) is 11.2. The van der Waals surface area contributed by atoms with Gasteiger partial charge in [0.05, 0.1) is 6.54 Å². The van der Waals surface area contributed by atoms with Crippen LogP contribution in [0.2, 0.25) is 0 Å². The van der Waals surface area contributed by atoms with E-state index < -0.39 is 0 Å². The normalized spacial score (nSPS) is 16.2. The van der Waals surface area contributed by atoms with E-state index in [1.54, 1.807) is 13.4 Å². The van der Waals surface area contributed by atoms with Crippen molar-refractivity contribution in [2.75, 3.05) is 13.6 Å². The highest BCUT2D eigenvalue weighted by atomic mass is 32.2. The number of hydrogen-bond donors (Lipinski definition) is 2. The zero-order chi connectivity index (χ0) is 16.1. The maximum absolute atomic E-state index is 4.28. The van der Waals surface area contributed by atoms with E-state index in [2.05, 4.69) is 56.2 Å². The van der Waals surface area contributed by atoms with Crippen molar-refractivity contribution in [3.05, 3.63) is 42.5 Å². The van der Waals surface area contributed by atoms with Crippen molar-refractivity contribution in [3.8, 4) is 0 Å². The molecule has 0 amide bonds. The summed E-state index contributed by atoms with van der Waals surface area (Å²) in [7, 11) is 3.72. The summed E-state index contributed by atoms with van der Waals surface area (Å²) in [6.45, 7) is 1.51. The number of benzene rings is 1. The molecule has 0 atom stereocenters. The minimum absolute atomic E-state index is 0.295. The Balaban J connectivity index is 1.49. The standard InChI is InChI=1S/C16H22N6S/c1-17-15(18-10-14-21-20-12-22(14)2)19-11-16(8-9-16)23-13-6-4-3-5-7-13/h3-7,12H,8-11H2,1-2H3,(H2,17,18,19). The number of aliphatic imine (C=N–C) groups is 1. The molecule has 1 fully saturated rings. The second kappa shape index (κ2) is 7.04. The van der Waals surface area contributed by atoms with Gasteiger partial charge in [-0.15, -0.1) is 22.0 Å². The molecule has 1 aliphatic carbocycles. The van der Waals surface area contributed by atoms with E-state index >= 15 is 0 Å². The van der Waals surface area contributed by atoms with Crippen LogP contribution in [0.5, 0.6) is 0 Å². The van der Waals surface area contributed by atoms with E-state index in [0.29, 0.717) is 11.3 Å². The van der Waals surface area contributed by atoms with Crippen LogP contribution in [-0.2, 0) is 13.6 Å². The zero-order valence-electron chi connectivity index (χ0n) is 13.5. The topological polar surface area (TPSA) is 67.1 Å². The van der Waals surface area contributed by atoms with Crippen molar-refractivity contribution in [3.63, 3.8) is 0 Å². The fourth-order valence-corrected chi connectivity index (χ4v) is 3.53. The molecule has 3 rings (SSSR count). The SMILES string of the molecule is CN=C(NCc1nncn1C)NCC1(Sc2ccccc2)CC1. The summed E-state index contributed by atoms with van der Waals surface area (Å²) in [5.74, 6) is 1.68. The maximum Gasteiger partial charge on any atom is 0.191 e. The number of aromatic nitrogens is 3. The monoisotopic (exact) mass is 330 g/mol. The molecule has 1 saturated carbocycles. The first-order valence-corrected chi connectivity index (χ1v) is 8.54. The highest BCUT2D eigenvalue weighted by Crippen LogP contribution is 2.51. The van der Waals surface area contributed by atoms with Gasteiger partial charge in [0, 0.05) is 30.3 Å². The Morgan fingerprint density at radius 1 is 1.30 bits per heavy atom. The van der Waals surface area contributed by atoms with Gasteiger partial charge in [0.1, 0.15) is 6.33 Å². The number of thioether (sulfide) groups is 1. The van der Waals surface area contributed by atoms with E-state index in [-0.39, 0.29) is 0 Å². The maximum atomic E-state index is 4.28. The van der Waals surface area contributed by atoms with Crippen LogP contribution in [0.15, 0.2) is 46.5 Å². The molecule has 0 spiro atoms. The van der Waals surface area contributed by atoms with Crippen LogP contribution in [0.3, 0.4) is 0 Å². The van der Waals surface area contributed by atoms with E-state index in [1.807, 2.05) is 23.4 Å². The summed E-state index contributed by atoms with van der Waals surface area (Å²) < 4.78 is 2.19. The van der Waals surface area contributed by atoms with Crippen molar-refractivity contribution in [2.45, 2.75) is 29.0 Å². The predicted octanol–water partition coefficient (Wildman–Crippen LogP) is 1.80. The average molecular weight is 330 g/mol. The van der Waals surface area contributed by atoms with Crippen LogP contribution in [0, 0.1) is 0 Å². The largest absolute Gasteiger partial charge is 0.355 e. The van der Waals surface area contributed by atoms with Crippen molar-refractivity contribution in [1.82, 2.24) is 25.4 Å². The third-order valence-corrected chi connectivity index (χ3v) is 5.40. The molecule has 6 nitrogen and oxygen atoms in total. The highest BCUT2D eigenvalue weighted by molar-refractivity contribution is 8.01. The van der Waals surface area contributed by atoms with E-state index in [9.17, 15) is 0 Å². The van der Waals surface area contributed by atoms with Crippen LogP contribution >= 0.6 is 11.8 Å². The minimum Gasteiger partial charge on any atom is -0.355 e. The first kappa shape index (κ1) is 15.9. The van der Waals surface area contributed by atoms with Gasteiger partial charge in [-0.2, -0.15) is 0 Å². The molecule has 0 saturated heterocycles. The minimum atomic E-state index is 0.295. The second-order valence-electron chi connectivity index (χ2n) is 5.74. The molecule has 0 unspecified atom stereocenters. The van der Waals surface area contributed by atoms with Crippen LogP contribution in [0.1, 0.15) is 18.7 Å². The molecular weight excluding hydrogens is 308 g/mol. The molecule has 0 radical (unpaired) electrons. The Kier molecular flexibility index (Phi) is 4.85. The summed E-state index contributed by atoms with van der Waals surface area (Å²) in [6, 6.07) is 10.6. The van der Waals surface area contributed by atoms with Gasteiger partial charge in [0.15, 0.2) is 11.8 Å². The Morgan fingerprint density at radius 2 is 2.09 bits per heavy atom. The van der Waals surface area contributed by atoms with Crippen LogP contribution in [0.25, 0.3) is 0 Å². The molecule has 1 aromatic heterocycles. The average Bonchev–Trinajstić information content (AvgIpc) is 3.21. The molecule has 1 aliphatic rings. The lowest BCUT2D eigenvalue weighted by molar-refractivity contribution is 0.716. The van der Waals surface area contributed by atoms with Gasteiger partial charge in [-0.1, -0.05) is 18.2 Å². The molecule has 1 aromatic carbocycles. The Bertz CT molecular complexity index is 662. The zero-order valence-corrected chi connectivity index (χ0v) is 14.3. The fraction of sp³-hybridized carbons (Fsp3) is 0.438. The summed E-state index contributed by atoms with van der Waals surface area (Å²) in [6.07, 6.45) is 4.17. The molecule has 122 valence electrons. The van der Waals surface area contributed by atoms with Gasteiger partial charge >= 0.3 is 0 Å². The van der Waals surface area contributed by atoms with Crippen molar-refractivity contribution < 1.29 is 0 Å². The van der Waals surface area contributed by atoms with E-state index in [4.69, 9.17) is 0 Å². The van der Waals surface area contributed by atoms with Gasteiger partial charge in [-0.3, -0.25) is 4.99 Å². The molecule has 2 aromatic rings. The number of rotatable bonds is 6. The lowest BCUT2D eigenvalue weighted by Gasteiger charge is -2.18. The molecule has 23 heavy (non-hydrogen) atoms. The van der Waals surface area contributed by atoms with E-state index in [1.165, 1.54) is 17.7 Å².